The SMILES string of the molecule is CCCN(CCC)C(=O)c1cc(C(=O)NC(Cc2cc(F)cc(F)c2)C(O)CN(C)NC(=O)c2ccccc2)cc(S(=O)(=O)N(C)C)c1. The maximum atomic E-state index is 14.1. The summed E-state index contributed by atoms with van der Waals surface area (Å²) in [7, 11) is 0.0493. The van der Waals surface area contributed by atoms with Crippen molar-refractivity contribution in [1.82, 2.24) is 25.0 Å². The predicted molar refractivity (Wildman–Crippen MR) is 178 cm³/mol. The van der Waals surface area contributed by atoms with Crippen molar-refractivity contribution < 1.29 is 36.7 Å². The zero-order valence-electron chi connectivity index (χ0n) is 27.7. The van der Waals surface area contributed by atoms with Crippen LogP contribution in [0, 0.1) is 11.6 Å². The summed E-state index contributed by atoms with van der Waals surface area (Å²) < 4.78 is 55.5. The molecule has 0 saturated heterocycles. The number of halogens is 2. The Bertz CT molecular complexity index is 1660. The van der Waals surface area contributed by atoms with E-state index in [0.717, 1.165) is 22.5 Å². The maximum absolute atomic E-state index is 14.1. The lowest BCUT2D eigenvalue weighted by Gasteiger charge is -2.28. The van der Waals surface area contributed by atoms with E-state index in [1.807, 2.05) is 13.8 Å². The number of nitrogens with zero attached hydrogens (tertiary/aromatic N) is 3. The van der Waals surface area contributed by atoms with E-state index in [2.05, 4.69) is 10.7 Å². The number of sulfonamides is 1. The minimum atomic E-state index is -4.09. The molecule has 3 rings (SSSR count). The average molecular weight is 688 g/mol. The number of likely N-dealkylation sites (N-methyl/N-ethyl adjacent to an activating group) is 1. The van der Waals surface area contributed by atoms with Crippen molar-refractivity contribution in [2.45, 2.75) is 50.2 Å². The van der Waals surface area contributed by atoms with Crippen molar-refractivity contribution in [2.24, 2.45) is 0 Å². The van der Waals surface area contributed by atoms with Gasteiger partial charge in [-0.1, -0.05) is 32.0 Å². The summed E-state index contributed by atoms with van der Waals surface area (Å²) in [5, 5.41) is 15.3. The number of amides is 3. The van der Waals surface area contributed by atoms with Crippen molar-refractivity contribution in [3.8, 4) is 0 Å². The molecule has 0 spiro atoms. The number of hydrogen-bond acceptors (Lipinski definition) is 7. The molecule has 3 amide bonds. The first-order chi connectivity index (χ1) is 22.7. The summed E-state index contributed by atoms with van der Waals surface area (Å²) in [5.41, 5.74) is 2.92. The molecule has 3 aromatic carbocycles. The Labute approximate surface area is 280 Å². The number of hydrazine groups is 1. The highest BCUT2D eigenvalue weighted by Gasteiger charge is 2.28. The molecule has 2 unspecified atom stereocenters. The van der Waals surface area contributed by atoms with Gasteiger partial charge >= 0.3 is 0 Å². The molecule has 3 N–H and O–H groups in total. The number of aliphatic hydroxyl groups is 1. The fourth-order valence-electron chi connectivity index (χ4n) is 5.05. The number of benzene rings is 3. The van der Waals surface area contributed by atoms with Gasteiger partial charge in [0.05, 0.1) is 17.0 Å². The third kappa shape index (κ3) is 10.4. The van der Waals surface area contributed by atoms with E-state index in [0.29, 0.717) is 37.6 Å². The standard InChI is InChI=1S/C34H43F2N5O6S/c1-6-13-41(14-7-2)34(45)26-18-25(19-29(20-26)48(46,47)39(3)4)32(43)37-30(17-23-15-27(35)21-28(36)16-23)31(42)22-40(5)38-33(44)24-11-9-8-10-12-24/h8-12,15-16,18-21,30-31,42H,6-7,13-14,17,22H2,1-5H3,(H,37,43)(H,38,44). The van der Waals surface area contributed by atoms with Crippen LogP contribution in [0.4, 0.5) is 8.78 Å². The smallest absolute Gasteiger partial charge is 0.265 e. The van der Waals surface area contributed by atoms with Crippen LogP contribution in [0.3, 0.4) is 0 Å². The summed E-state index contributed by atoms with van der Waals surface area (Å²) in [6.07, 6.45) is -0.310. The number of carbonyl (C=O) groups excluding carboxylic acids is 3. The second-order valence-electron chi connectivity index (χ2n) is 11.6. The van der Waals surface area contributed by atoms with Gasteiger partial charge in [-0.05, 0) is 67.3 Å². The van der Waals surface area contributed by atoms with E-state index in [1.54, 1.807) is 35.2 Å². The zero-order valence-corrected chi connectivity index (χ0v) is 28.6. The first kappa shape index (κ1) is 38.2. The van der Waals surface area contributed by atoms with Crippen LogP contribution in [-0.2, 0) is 16.4 Å². The first-order valence-corrected chi connectivity index (χ1v) is 17.0. The highest BCUT2D eigenvalue weighted by Crippen LogP contribution is 2.21. The van der Waals surface area contributed by atoms with Crippen LogP contribution < -0.4 is 10.7 Å². The molecule has 0 bridgehead atoms. The zero-order chi connectivity index (χ0) is 35.6. The topological polar surface area (TPSA) is 139 Å². The molecule has 0 saturated carbocycles. The molecule has 2 atom stereocenters. The number of aliphatic hydroxyl groups excluding tert-OH is 1. The summed E-state index contributed by atoms with van der Waals surface area (Å²) in [6.45, 7) is 4.44. The molecule has 0 fully saturated rings. The van der Waals surface area contributed by atoms with Gasteiger partial charge in [0.2, 0.25) is 10.0 Å². The van der Waals surface area contributed by atoms with Gasteiger partial charge in [0, 0.05) is 63.5 Å². The number of hydrogen-bond donors (Lipinski definition) is 3. The minimum absolute atomic E-state index is 0.0161. The van der Waals surface area contributed by atoms with Gasteiger partial charge in [-0.3, -0.25) is 19.8 Å². The van der Waals surface area contributed by atoms with E-state index >= 15 is 0 Å². The highest BCUT2D eigenvalue weighted by molar-refractivity contribution is 7.89. The molecule has 0 heterocycles. The van der Waals surface area contributed by atoms with E-state index < -0.39 is 51.5 Å². The minimum Gasteiger partial charge on any atom is -0.390 e. The molecule has 3 aromatic rings. The van der Waals surface area contributed by atoms with Gasteiger partial charge < -0.3 is 15.3 Å². The van der Waals surface area contributed by atoms with Crippen molar-refractivity contribution in [3.63, 3.8) is 0 Å². The van der Waals surface area contributed by atoms with E-state index in [9.17, 15) is 36.7 Å². The Morgan fingerprint density at radius 2 is 1.40 bits per heavy atom. The fourth-order valence-corrected chi connectivity index (χ4v) is 6.02. The molecule has 0 radical (unpaired) electrons. The Morgan fingerprint density at radius 3 is 1.96 bits per heavy atom. The molecular formula is C34H43F2N5O6S. The largest absolute Gasteiger partial charge is 0.390 e. The second kappa shape index (κ2) is 17.2. The van der Waals surface area contributed by atoms with E-state index in [4.69, 9.17) is 0 Å². The molecule has 11 nitrogen and oxygen atoms in total. The highest BCUT2D eigenvalue weighted by atomic mass is 32.2. The predicted octanol–water partition coefficient (Wildman–Crippen LogP) is 3.46. The van der Waals surface area contributed by atoms with Crippen LogP contribution >= 0.6 is 0 Å². The fraction of sp³-hybridized carbons (Fsp3) is 0.382. The summed E-state index contributed by atoms with van der Waals surface area (Å²) in [5.74, 6) is -3.45. The third-order valence-corrected chi connectivity index (χ3v) is 9.21. The lowest BCUT2D eigenvalue weighted by atomic mass is 9.99. The van der Waals surface area contributed by atoms with Crippen LogP contribution in [-0.4, -0.2) is 98.4 Å². The quantitative estimate of drug-likeness (QED) is 0.196. The molecule has 14 heteroatoms. The van der Waals surface area contributed by atoms with Gasteiger partial charge in [0.15, 0.2) is 0 Å². The first-order valence-electron chi connectivity index (χ1n) is 15.5. The molecule has 0 aromatic heterocycles. The molecule has 0 aliphatic heterocycles. The maximum Gasteiger partial charge on any atom is 0.265 e. The van der Waals surface area contributed by atoms with Crippen molar-refractivity contribution in [3.05, 3.63) is 101 Å². The average Bonchev–Trinajstić information content (AvgIpc) is 3.03. The van der Waals surface area contributed by atoms with Crippen molar-refractivity contribution in [2.75, 3.05) is 40.8 Å². The van der Waals surface area contributed by atoms with Crippen LogP contribution in [0.5, 0.6) is 0 Å². The van der Waals surface area contributed by atoms with Gasteiger partial charge in [0.25, 0.3) is 17.7 Å². The number of nitrogens with one attached hydrogen (secondary N) is 2. The van der Waals surface area contributed by atoms with Gasteiger partial charge in [-0.2, -0.15) is 0 Å². The summed E-state index contributed by atoms with van der Waals surface area (Å²) in [6, 6.07) is 13.6. The number of carbonyl (C=O) groups is 3. The lowest BCUT2D eigenvalue weighted by molar-refractivity contribution is 0.0541. The summed E-state index contributed by atoms with van der Waals surface area (Å²) >= 11 is 0. The molecule has 0 aliphatic carbocycles. The van der Waals surface area contributed by atoms with Gasteiger partial charge in [-0.15, -0.1) is 0 Å². The van der Waals surface area contributed by atoms with Crippen molar-refractivity contribution in [1.29, 1.82) is 0 Å². The number of rotatable bonds is 16. The van der Waals surface area contributed by atoms with Crippen LogP contribution in [0.2, 0.25) is 0 Å². The van der Waals surface area contributed by atoms with Crippen LogP contribution in [0.1, 0.15) is 63.3 Å². The van der Waals surface area contributed by atoms with Gasteiger partial charge in [-0.25, -0.2) is 26.5 Å². The Balaban J connectivity index is 1.98. The van der Waals surface area contributed by atoms with Gasteiger partial charge in [0.1, 0.15) is 11.6 Å². The van der Waals surface area contributed by atoms with E-state index in [-0.39, 0.29) is 34.6 Å². The third-order valence-electron chi connectivity index (χ3n) is 7.42. The second-order valence-corrected chi connectivity index (χ2v) is 13.8. The summed E-state index contributed by atoms with van der Waals surface area (Å²) in [4.78, 5) is 41.3. The van der Waals surface area contributed by atoms with Crippen molar-refractivity contribution >= 4 is 27.7 Å². The normalized spacial score (nSPS) is 12.9. The Morgan fingerprint density at radius 1 is 0.812 bits per heavy atom. The molecule has 0 aliphatic rings. The van der Waals surface area contributed by atoms with Crippen LogP contribution in [0.15, 0.2) is 71.6 Å². The monoisotopic (exact) mass is 687 g/mol. The molecule has 48 heavy (non-hydrogen) atoms. The molecular weight excluding hydrogens is 644 g/mol. The Kier molecular flexibility index (Phi) is 13.7. The molecule has 260 valence electrons. The lowest BCUT2D eigenvalue weighted by Crippen LogP contribution is -2.52. The van der Waals surface area contributed by atoms with E-state index in [1.165, 1.54) is 38.3 Å². The Hall–Kier alpha value is -4.24. The van der Waals surface area contributed by atoms with Crippen LogP contribution in [0.25, 0.3) is 0 Å².